The Hall–Kier alpha value is -2.85. The van der Waals surface area contributed by atoms with Gasteiger partial charge in [0.2, 0.25) is 0 Å². The van der Waals surface area contributed by atoms with Crippen LogP contribution in [-0.4, -0.2) is 30.8 Å². The van der Waals surface area contributed by atoms with Crippen molar-refractivity contribution in [1.82, 2.24) is 0 Å². The van der Waals surface area contributed by atoms with Crippen molar-refractivity contribution >= 4 is 12.0 Å². The summed E-state index contributed by atoms with van der Waals surface area (Å²) in [7, 11) is 3.21. The highest BCUT2D eigenvalue weighted by atomic mass is 35.5. The molecule has 0 radical (unpaired) electrons. The summed E-state index contributed by atoms with van der Waals surface area (Å²) in [4.78, 5) is 12.9. The molecule has 1 heterocycles. The lowest BCUT2D eigenvalue weighted by atomic mass is 9.99. The van der Waals surface area contributed by atoms with Crippen molar-refractivity contribution in [1.29, 1.82) is 0 Å². The van der Waals surface area contributed by atoms with Crippen LogP contribution < -0.4 is 21.9 Å². The number of hydrogen-bond donors (Lipinski definition) is 0. The lowest BCUT2D eigenvalue weighted by Gasteiger charge is -2.09. The Balaban J connectivity index is 0.00000240. The van der Waals surface area contributed by atoms with Crippen molar-refractivity contribution < 1.29 is 31.3 Å². The second-order valence-corrected chi connectivity index (χ2v) is 7.14. The van der Waals surface area contributed by atoms with E-state index in [1.807, 2.05) is 12.1 Å². The highest BCUT2D eigenvalue weighted by molar-refractivity contribution is 6.04. The summed E-state index contributed by atoms with van der Waals surface area (Å²) in [6.45, 7) is 0.859. The molecule has 1 unspecified atom stereocenters. The van der Waals surface area contributed by atoms with Gasteiger partial charge in [-0.25, -0.2) is 4.58 Å². The van der Waals surface area contributed by atoms with E-state index in [1.165, 1.54) is 11.1 Å². The van der Waals surface area contributed by atoms with Crippen LogP contribution in [0.25, 0.3) is 0 Å². The predicted octanol–water partition coefficient (Wildman–Crippen LogP) is 1.19. The molecule has 29 heavy (non-hydrogen) atoms. The van der Waals surface area contributed by atoms with Crippen LogP contribution in [0.3, 0.4) is 0 Å². The third-order valence-electron chi connectivity index (χ3n) is 5.32. The van der Waals surface area contributed by atoms with Gasteiger partial charge in [-0.15, -0.1) is 0 Å². The van der Waals surface area contributed by atoms with Crippen LogP contribution in [-0.2, 0) is 13.0 Å². The Morgan fingerprint density at radius 3 is 2.48 bits per heavy atom. The second-order valence-electron chi connectivity index (χ2n) is 7.14. The Bertz CT molecular complexity index is 993. The fourth-order valence-corrected chi connectivity index (χ4v) is 3.82. The molecule has 0 amide bonds. The molecule has 2 aromatic carbocycles. The van der Waals surface area contributed by atoms with Gasteiger partial charge in [0.15, 0.2) is 30.0 Å². The van der Waals surface area contributed by atoms with Gasteiger partial charge in [0, 0.05) is 23.1 Å². The molecule has 0 bridgehead atoms. The van der Waals surface area contributed by atoms with Crippen molar-refractivity contribution in [3.63, 3.8) is 0 Å². The minimum atomic E-state index is -0.125. The van der Waals surface area contributed by atoms with E-state index >= 15 is 0 Å². The van der Waals surface area contributed by atoms with Gasteiger partial charge in [-0.05, 0) is 29.7 Å². The molecule has 0 N–H and O–H groups in total. The van der Waals surface area contributed by atoms with Crippen LogP contribution >= 0.6 is 0 Å². The standard InChI is InChI=1S/C24H24NO3.ClH/c1-27-22-14-19-13-20(24(26)21(19)15-23(22)28-2)12-17-8-10-25(11-9-17)16-18-6-4-3-5-7-18;/h3-8,10-12,14-15,20H,9,13,16H2,1-2H3;1H/q+1;/p-1. The number of Topliss-reactive ketones (excluding diaryl/α,β-unsaturated/α-hetero) is 1. The summed E-state index contributed by atoms with van der Waals surface area (Å²) in [6, 6.07) is 14.1. The highest BCUT2D eigenvalue weighted by Crippen LogP contribution is 2.37. The Kier molecular flexibility index (Phi) is 6.55. The number of nitrogens with zero attached hydrogens (tertiary/aromatic N) is 1. The van der Waals surface area contributed by atoms with E-state index in [-0.39, 0.29) is 24.1 Å². The molecule has 0 fully saturated rings. The van der Waals surface area contributed by atoms with Gasteiger partial charge in [0.25, 0.3) is 0 Å². The van der Waals surface area contributed by atoms with E-state index in [0.29, 0.717) is 17.9 Å². The van der Waals surface area contributed by atoms with E-state index in [4.69, 9.17) is 9.47 Å². The molecule has 0 spiro atoms. The zero-order chi connectivity index (χ0) is 19.5. The SMILES string of the molecule is COc1cc2c(cc1OC)C(=O)C(C=C1C=C[N+](Cc3ccccc3)=CC1)C2.[Cl-]. The number of ether oxygens (including phenoxy) is 2. The molecule has 1 aliphatic heterocycles. The summed E-state index contributed by atoms with van der Waals surface area (Å²) in [5, 5.41) is 0. The van der Waals surface area contributed by atoms with Crippen LogP contribution in [0.5, 0.6) is 11.5 Å². The van der Waals surface area contributed by atoms with Crippen LogP contribution in [0.4, 0.5) is 0 Å². The van der Waals surface area contributed by atoms with Crippen molar-refractivity contribution in [3.05, 3.63) is 83.1 Å². The van der Waals surface area contributed by atoms with Crippen molar-refractivity contribution in [2.24, 2.45) is 5.92 Å². The number of hydrogen-bond acceptors (Lipinski definition) is 3. The molecule has 150 valence electrons. The summed E-state index contributed by atoms with van der Waals surface area (Å²) >= 11 is 0. The van der Waals surface area contributed by atoms with Crippen molar-refractivity contribution in [3.8, 4) is 11.5 Å². The predicted molar refractivity (Wildman–Crippen MR) is 109 cm³/mol. The first-order valence-electron chi connectivity index (χ1n) is 9.49. The summed E-state index contributed by atoms with van der Waals surface area (Å²) in [6.07, 6.45) is 10.0. The average molecular weight is 410 g/mol. The second kappa shape index (κ2) is 9.10. The van der Waals surface area contributed by atoms with Crippen LogP contribution in [0, 0.1) is 5.92 Å². The van der Waals surface area contributed by atoms with Gasteiger partial charge >= 0.3 is 0 Å². The quantitative estimate of drug-likeness (QED) is 0.696. The Labute approximate surface area is 177 Å². The van der Waals surface area contributed by atoms with Crippen LogP contribution in [0.1, 0.15) is 27.9 Å². The highest BCUT2D eigenvalue weighted by Gasteiger charge is 2.31. The minimum absolute atomic E-state index is 0. The Morgan fingerprint density at radius 1 is 1.10 bits per heavy atom. The number of halogens is 1. The minimum Gasteiger partial charge on any atom is -1.00 e. The summed E-state index contributed by atoms with van der Waals surface area (Å²) in [5.74, 6) is 1.30. The average Bonchev–Trinajstić information content (AvgIpc) is 3.03. The van der Waals surface area contributed by atoms with E-state index in [0.717, 1.165) is 24.1 Å². The molecular formula is C24H24ClNO3. The number of carbonyl (C=O) groups excluding carboxylic acids is 1. The molecule has 1 atom stereocenters. The topological polar surface area (TPSA) is 38.5 Å². The number of benzene rings is 2. The molecule has 0 saturated carbocycles. The first-order valence-corrected chi connectivity index (χ1v) is 9.49. The zero-order valence-electron chi connectivity index (χ0n) is 16.6. The number of fused-ring (bicyclic) bond motifs is 1. The maximum Gasteiger partial charge on any atom is 0.173 e. The van der Waals surface area contributed by atoms with Crippen LogP contribution in [0.2, 0.25) is 0 Å². The van der Waals surface area contributed by atoms with Gasteiger partial charge in [-0.1, -0.05) is 36.4 Å². The third kappa shape index (κ3) is 4.43. The summed E-state index contributed by atoms with van der Waals surface area (Å²) < 4.78 is 12.9. The maximum absolute atomic E-state index is 12.9. The Morgan fingerprint density at radius 2 is 1.83 bits per heavy atom. The zero-order valence-corrected chi connectivity index (χ0v) is 17.4. The van der Waals surface area contributed by atoms with E-state index in [9.17, 15) is 4.79 Å². The van der Waals surface area contributed by atoms with E-state index in [1.54, 1.807) is 20.3 Å². The molecule has 1 aliphatic carbocycles. The number of carbonyl (C=O) groups is 1. The number of rotatable bonds is 5. The molecule has 4 rings (SSSR count). The first-order chi connectivity index (χ1) is 13.7. The molecule has 5 heteroatoms. The molecule has 0 saturated heterocycles. The monoisotopic (exact) mass is 409 g/mol. The molecule has 0 aromatic heterocycles. The molecule has 2 aliphatic rings. The van der Waals surface area contributed by atoms with E-state index < -0.39 is 0 Å². The lowest BCUT2D eigenvalue weighted by molar-refractivity contribution is -0.471. The molecular weight excluding hydrogens is 386 g/mol. The smallest absolute Gasteiger partial charge is 0.173 e. The van der Waals surface area contributed by atoms with Gasteiger partial charge in [0.05, 0.1) is 20.6 Å². The number of ketones is 1. The lowest BCUT2D eigenvalue weighted by Crippen LogP contribution is -3.00. The fraction of sp³-hybridized carbons (Fsp3) is 0.250. The van der Waals surface area contributed by atoms with Gasteiger partial charge in [-0.2, -0.15) is 0 Å². The van der Waals surface area contributed by atoms with Gasteiger partial charge in [-0.3, -0.25) is 4.79 Å². The van der Waals surface area contributed by atoms with Gasteiger partial charge in [0.1, 0.15) is 6.21 Å². The summed E-state index contributed by atoms with van der Waals surface area (Å²) in [5.41, 5.74) is 4.22. The maximum atomic E-state index is 12.9. The van der Waals surface area contributed by atoms with Crippen LogP contribution in [0.15, 0.2) is 66.4 Å². The largest absolute Gasteiger partial charge is 1.00 e. The van der Waals surface area contributed by atoms with Gasteiger partial charge < -0.3 is 21.9 Å². The molecule has 2 aromatic rings. The fourth-order valence-electron chi connectivity index (χ4n) is 3.82. The normalized spacial score (nSPS) is 18.8. The van der Waals surface area contributed by atoms with Crippen molar-refractivity contribution in [2.45, 2.75) is 19.4 Å². The number of allylic oxidation sites excluding steroid dienone is 3. The van der Waals surface area contributed by atoms with Crippen molar-refractivity contribution in [2.75, 3.05) is 14.2 Å². The number of methoxy groups -OCH3 is 2. The first kappa shape index (κ1) is 20.9. The van der Waals surface area contributed by atoms with E-state index in [2.05, 4.69) is 53.4 Å². The molecule has 4 nitrogen and oxygen atoms in total. The third-order valence-corrected chi connectivity index (χ3v) is 5.32.